The molecule has 1 aromatic rings. The van der Waals surface area contributed by atoms with Crippen molar-refractivity contribution in [2.24, 2.45) is 11.3 Å². The minimum absolute atomic E-state index is 0.0947. The van der Waals surface area contributed by atoms with Crippen molar-refractivity contribution >= 4 is 17.8 Å². The van der Waals surface area contributed by atoms with Gasteiger partial charge in [-0.1, -0.05) is 27.2 Å². The SMILES string of the molecule is CCC(C)(C)C1CCC2(CC1)NC(=O)N(CC(=O)NCCCn1nc3n(c1=O)CCCC3)C2=O. The molecule has 188 valence electrons. The summed E-state index contributed by atoms with van der Waals surface area (Å²) in [4.78, 5) is 51.5. The van der Waals surface area contributed by atoms with E-state index in [2.05, 4.69) is 36.5 Å². The van der Waals surface area contributed by atoms with Crippen molar-refractivity contribution in [1.29, 1.82) is 0 Å². The van der Waals surface area contributed by atoms with Gasteiger partial charge < -0.3 is 10.6 Å². The average molecular weight is 475 g/mol. The molecule has 0 bridgehead atoms. The summed E-state index contributed by atoms with van der Waals surface area (Å²) < 4.78 is 3.19. The van der Waals surface area contributed by atoms with Crippen LogP contribution in [0.3, 0.4) is 0 Å². The van der Waals surface area contributed by atoms with Gasteiger partial charge in [0.05, 0.1) is 0 Å². The van der Waals surface area contributed by atoms with Crippen molar-refractivity contribution < 1.29 is 14.4 Å². The summed E-state index contributed by atoms with van der Waals surface area (Å²) >= 11 is 0. The Hall–Kier alpha value is -2.65. The van der Waals surface area contributed by atoms with Gasteiger partial charge in [0.2, 0.25) is 5.91 Å². The standard InChI is InChI=1S/C24H38N6O4/c1-4-23(2,3)17-9-11-24(12-10-17)20(32)29(21(33)26-24)16-19(31)25-13-7-15-30-22(34)28-14-6-5-8-18(28)27-30/h17H,4-16H2,1-3H3,(H,25,31)(H,26,33). The number of carbonyl (C=O) groups is 3. The van der Waals surface area contributed by atoms with Crippen LogP contribution in [0.25, 0.3) is 0 Å². The number of nitrogens with one attached hydrogen (secondary N) is 2. The smallest absolute Gasteiger partial charge is 0.345 e. The number of hydrogen-bond acceptors (Lipinski definition) is 5. The molecule has 1 aromatic heterocycles. The molecule has 34 heavy (non-hydrogen) atoms. The number of urea groups is 1. The lowest BCUT2D eigenvalue weighted by Crippen LogP contribution is -2.51. The van der Waals surface area contributed by atoms with E-state index in [4.69, 9.17) is 0 Å². The molecule has 3 aliphatic rings. The van der Waals surface area contributed by atoms with Gasteiger partial charge >= 0.3 is 11.7 Å². The molecule has 2 fully saturated rings. The third-order valence-electron chi connectivity index (χ3n) is 8.30. The third-order valence-corrected chi connectivity index (χ3v) is 8.30. The van der Waals surface area contributed by atoms with Crippen molar-refractivity contribution in [3.05, 3.63) is 16.3 Å². The lowest BCUT2D eigenvalue weighted by Gasteiger charge is -2.42. The van der Waals surface area contributed by atoms with Gasteiger partial charge in [0.1, 0.15) is 17.9 Å². The molecule has 4 rings (SSSR count). The minimum atomic E-state index is -0.862. The Balaban J connectivity index is 1.24. The van der Waals surface area contributed by atoms with E-state index in [9.17, 15) is 19.2 Å². The highest BCUT2D eigenvalue weighted by atomic mass is 16.2. The third kappa shape index (κ3) is 4.63. The number of fused-ring (bicyclic) bond motifs is 1. The molecular weight excluding hydrogens is 436 g/mol. The molecule has 0 unspecified atom stereocenters. The highest BCUT2D eigenvalue weighted by molar-refractivity contribution is 6.09. The van der Waals surface area contributed by atoms with Gasteiger partial charge in [-0.15, -0.1) is 0 Å². The van der Waals surface area contributed by atoms with Crippen LogP contribution in [0.15, 0.2) is 4.79 Å². The first-order valence-corrected chi connectivity index (χ1v) is 12.7. The highest BCUT2D eigenvalue weighted by Gasteiger charge is 2.53. The second-order valence-electron chi connectivity index (χ2n) is 10.8. The van der Waals surface area contributed by atoms with Gasteiger partial charge in [-0.05, 0) is 56.3 Å². The van der Waals surface area contributed by atoms with E-state index < -0.39 is 11.6 Å². The fourth-order valence-electron chi connectivity index (χ4n) is 5.59. The lowest BCUT2D eigenvalue weighted by atomic mass is 9.65. The quantitative estimate of drug-likeness (QED) is 0.440. The average Bonchev–Trinajstić information content (AvgIpc) is 3.26. The molecule has 0 atom stereocenters. The number of imide groups is 1. The van der Waals surface area contributed by atoms with Crippen LogP contribution in [0.4, 0.5) is 4.79 Å². The maximum Gasteiger partial charge on any atom is 0.345 e. The lowest BCUT2D eigenvalue weighted by molar-refractivity contribution is -0.136. The Morgan fingerprint density at radius 2 is 1.94 bits per heavy atom. The molecule has 1 spiro atoms. The largest absolute Gasteiger partial charge is 0.354 e. The molecule has 4 amide bonds. The van der Waals surface area contributed by atoms with Crippen molar-refractivity contribution in [2.75, 3.05) is 13.1 Å². The highest BCUT2D eigenvalue weighted by Crippen LogP contribution is 2.45. The predicted molar refractivity (Wildman–Crippen MR) is 126 cm³/mol. The number of aromatic nitrogens is 3. The molecule has 0 radical (unpaired) electrons. The summed E-state index contributed by atoms with van der Waals surface area (Å²) in [6.07, 6.45) is 7.51. The predicted octanol–water partition coefficient (Wildman–Crippen LogP) is 1.80. The minimum Gasteiger partial charge on any atom is -0.354 e. The summed E-state index contributed by atoms with van der Waals surface area (Å²) in [6, 6.07) is -0.483. The molecule has 1 saturated heterocycles. The van der Waals surface area contributed by atoms with E-state index in [1.165, 1.54) is 4.68 Å². The maximum absolute atomic E-state index is 13.1. The maximum atomic E-state index is 13.1. The fraction of sp³-hybridized carbons (Fsp3) is 0.792. The van der Waals surface area contributed by atoms with Crippen molar-refractivity contribution in [3.63, 3.8) is 0 Å². The molecule has 2 N–H and O–H groups in total. The Morgan fingerprint density at radius 3 is 2.62 bits per heavy atom. The number of carbonyl (C=O) groups excluding carboxylic acids is 3. The van der Waals surface area contributed by atoms with E-state index in [0.29, 0.717) is 38.3 Å². The van der Waals surface area contributed by atoms with E-state index in [1.54, 1.807) is 4.57 Å². The van der Waals surface area contributed by atoms with Crippen LogP contribution < -0.4 is 16.3 Å². The zero-order valence-corrected chi connectivity index (χ0v) is 20.7. The Kier molecular flexibility index (Phi) is 6.87. The van der Waals surface area contributed by atoms with Gasteiger partial charge in [-0.2, -0.15) is 5.10 Å². The number of hydrogen-bond donors (Lipinski definition) is 2. The Morgan fingerprint density at radius 1 is 1.21 bits per heavy atom. The van der Waals surface area contributed by atoms with Crippen molar-refractivity contribution in [3.8, 4) is 0 Å². The van der Waals surface area contributed by atoms with Crippen LogP contribution in [0, 0.1) is 11.3 Å². The number of amides is 4. The van der Waals surface area contributed by atoms with Crippen LogP contribution in [0.2, 0.25) is 0 Å². The number of rotatable bonds is 8. The second kappa shape index (κ2) is 9.54. The van der Waals surface area contributed by atoms with Gasteiger partial charge in [-0.3, -0.25) is 19.1 Å². The van der Waals surface area contributed by atoms with Crippen LogP contribution in [0.1, 0.15) is 78.0 Å². The summed E-state index contributed by atoms with van der Waals surface area (Å²) in [5.41, 5.74) is -0.741. The summed E-state index contributed by atoms with van der Waals surface area (Å²) in [5.74, 6) is 0.701. The zero-order chi connectivity index (χ0) is 24.5. The first kappa shape index (κ1) is 24.5. The molecule has 10 nitrogen and oxygen atoms in total. The molecule has 3 heterocycles. The van der Waals surface area contributed by atoms with E-state index in [0.717, 1.165) is 55.8 Å². The van der Waals surface area contributed by atoms with Crippen LogP contribution in [0.5, 0.6) is 0 Å². The Bertz CT molecular complexity index is 1000. The van der Waals surface area contributed by atoms with E-state index in [-0.39, 0.29) is 29.5 Å². The van der Waals surface area contributed by atoms with E-state index in [1.807, 2.05) is 0 Å². The summed E-state index contributed by atoms with van der Waals surface area (Å²) in [7, 11) is 0. The first-order chi connectivity index (χ1) is 16.2. The summed E-state index contributed by atoms with van der Waals surface area (Å²) in [6.45, 7) is 7.91. The molecule has 2 aliphatic heterocycles. The molecule has 10 heteroatoms. The van der Waals surface area contributed by atoms with E-state index >= 15 is 0 Å². The van der Waals surface area contributed by atoms with Gasteiger partial charge in [0, 0.05) is 26.1 Å². The Labute approximate surface area is 200 Å². The topological polar surface area (TPSA) is 118 Å². The van der Waals surface area contributed by atoms with Gasteiger partial charge in [-0.25, -0.2) is 14.3 Å². The number of nitrogens with zero attached hydrogens (tertiary/aromatic N) is 4. The normalized spacial score (nSPS) is 24.9. The van der Waals surface area contributed by atoms with Crippen LogP contribution in [-0.2, 0) is 29.1 Å². The van der Waals surface area contributed by atoms with Gasteiger partial charge in [0.25, 0.3) is 5.91 Å². The molecule has 1 saturated carbocycles. The fourth-order valence-corrected chi connectivity index (χ4v) is 5.59. The van der Waals surface area contributed by atoms with Crippen molar-refractivity contribution in [1.82, 2.24) is 29.9 Å². The van der Waals surface area contributed by atoms with Gasteiger partial charge in [0.15, 0.2) is 0 Å². The van der Waals surface area contributed by atoms with Crippen LogP contribution in [-0.4, -0.2) is 55.7 Å². The monoisotopic (exact) mass is 474 g/mol. The van der Waals surface area contributed by atoms with Crippen LogP contribution >= 0.6 is 0 Å². The second-order valence-corrected chi connectivity index (χ2v) is 10.8. The molecular formula is C24H38N6O4. The zero-order valence-electron chi connectivity index (χ0n) is 20.7. The first-order valence-electron chi connectivity index (χ1n) is 12.7. The molecule has 0 aromatic carbocycles. The van der Waals surface area contributed by atoms with Crippen molar-refractivity contribution in [2.45, 2.75) is 97.2 Å². The number of aryl methyl sites for hydroxylation is 2. The summed E-state index contributed by atoms with van der Waals surface area (Å²) in [5, 5.41) is 10.0. The molecule has 1 aliphatic carbocycles.